The SMILES string of the molecule is Cc1nn(C(CN)c2cnn(C)c2)c(C)c1Br. The Morgan fingerprint density at radius 3 is 2.59 bits per heavy atom. The Balaban J connectivity index is 2.45. The summed E-state index contributed by atoms with van der Waals surface area (Å²) in [6.07, 6.45) is 3.81. The van der Waals surface area contributed by atoms with Gasteiger partial charge in [0.25, 0.3) is 0 Å². The molecule has 2 N–H and O–H groups in total. The second kappa shape index (κ2) is 4.62. The van der Waals surface area contributed by atoms with Crippen LogP contribution in [0.25, 0.3) is 0 Å². The minimum atomic E-state index is 0.0358. The molecule has 6 heteroatoms. The summed E-state index contributed by atoms with van der Waals surface area (Å²) in [5, 5.41) is 8.70. The molecule has 0 saturated heterocycles. The molecule has 1 unspecified atom stereocenters. The Kier molecular flexibility index (Phi) is 3.35. The zero-order valence-electron chi connectivity index (χ0n) is 10.2. The van der Waals surface area contributed by atoms with Crippen LogP contribution in [0, 0.1) is 13.8 Å². The largest absolute Gasteiger partial charge is 0.328 e. The fourth-order valence-electron chi connectivity index (χ4n) is 1.94. The first kappa shape index (κ1) is 12.3. The van der Waals surface area contributed by atoms with Gasteiger partial charge in [0, 0.05) is 25.4 Å². The predicted molar refractivity (Wildman–Crippen MR) is 69.8 cm³/mol. The Morgan fingerprint density at radius 1 is 1.47 bits per heavy atom. The summed E-state index contributed by atoms with van der Waals surface area (Å²) in [7, 11) is 1.90. The van der Waals surface area contributed by atoms with E-state index in [1.54, 1.807) is 4.68 Å². The Labute approximate surface area is 109 Å². The molecule has 2 rings (SSSR count). The van der Waals surface area contributed by atoms with Crippen molar-refractivity contribution in [1.82, 2.24) is 19.6 Å². The second-order valence-corrected chi connectivity index (χ2v) is 4.92. The molecule has 2 aromatic rings. The lowest BCUT2D eigenvalue weighted by atomic mass is 10.1. The van der Waals surface area contributed by atoms with Crippen LogP contribution in [0.3, 0.4) is 0 Å². The van der Waals surface area contributed by atoms with E-state index >= 15 is 0 Å². The zero-order valence-corrected chi connectivity index (χ0v) is 11.8. The van der Waals surface area contributed by atoms with Crippen molar-refractivity contribution >= 4 is 15.9 Å². The van der Waals surface area contributed by atoms with E-state index in [-0.39, 0.29) is 6.04 Å². The maximum absolute atomic E-state index is 5.86. The first-order chi connectivity index (χ1) is 8.04. The van der Waals surface area contributed by atoms with E-state index in [9.17, 15) is 0 Å². The topological polar surface area (TPSA) is 61.7 Å². The monoisotopic (exact) mass is 297 g/mol. The lowest BCUT2D eigenvalue weighted by Crippen LogP contribution is -2.22. The van der Waals surface area contributed by atoms with Crippen molar-refractivity contribution in [2.45, 2.75) is 19.9 Å². The Morgan fingerprint density at radius 2 is 2.18 bits per heavy atom. The molecule has 0 aromatic carbocycles. The third-order valence-corrected chi connectivity index (χ3v) is 4.01. The summed E-state index contributed by atoms with van der Waals surface area (Å²) < 4.78 is 4.77. The van der Waals surface area contributed by atoms with Gasteiger partial charge < -0.3 is 5.73 Å². The van der Waals surface area contributed by atoms with Crippen LogP contribution in [0.4, 0.5) is 0 Å². The highest BCUT2D eigenvalue weighted by Gasteiger charge is 2.19. The third kappa shape index (κ3) is 2.14. The molecular weight excluding hydrogens is 282 g/mol. The van der Waals surface area contributed by atoms with Gasteiger partial charge in [-0.15, -0.1) is 0 Å². The zero-order chi connectivity index (χ0) is 12.6. The van der Waals surface area contributed by atoms with Crippen LogP contribution >= 0.6 is 15.9 Å². The van der Waals surface area contributed by atoms with Gasteiger partial charge in [-0.05, 0) is 29.8 Å². The van der Waals surface area contributed by atoms with Crippen LogP contribution < -0.4 is 5.73 Å². The van der Waals surface area contributed by atoms with Crippen LogP contribution in [-0.2, 0) is 7.05 Å². The molecule has 92 valence electrons. The van der Waals surface area contributed by atoms with E-state index in [2.05, 4.69) is 26.1 Å². The van der Waals surface area contributed by atoms with Crippen molar-refractivity contribution in [1.29, 1.82) is 0 Å². The normalized spacial score (nSPS) is 13.0. The van der Waals surface area contributed by atoms with E-state index in [0.29, 0.717) is 6.54 Å². The quantitative estimate of drug-likeness (QED) is 0.935. The van der Waals surface area contributed by atoms with Gasteiger partial charge in [-0.3, -0.25) is 9.36 Å². The van der Waals surface area contributed by atoms with E-state index in [4.69, 9.17) is 5.73 Å². The summed E-state index contributed by atoms with van der Waals surface area (Å²) in [5.41, 5.74) is 9.00. The molecule has 2 aromatic heterocycles. The fourth-order valence-corrected chi connectivity index (χ4v) is 2.20. The van der Waals surface area contributed by atoms with E-state index in [1.807, 2.05) is 38.0 Å². The van der Waals surface area contributed by atoms with Gasteiger partial charge in [0.1, 0.15) is 0 Å². The number of rotatable bonds is 3. The minimum Gasteiger partial charge on any atom is -0.328 e. The molecule has 0 spiro atoms. The summed E-state index contributed by atoms with van der Waals surface area (Å²) in [4.78, 5) is 0. The second-order valence-electron chi connectivity index (χ2n) is 4.13. The van der Waals surface area contributed by atoms with Crippen molar-refractivity contribution in [3.63, 3.8) is 0 Å². The number of halogens is 1. The van der Waals surface area contributed by atoms with E-state index in [1.165, 1.54) is 0 Å². The number of hydrogen-bond acceptors (Lipinski definition) is 3. The first-order valence-electron chi connectivity index (χ1n) is 5.44. The molecule has 1 atom stereocenters. The van der Waals surface area contributed by atoms with Gasteiger partial charge in [-0.25, -0.2) is 0 Å². The van der Waals surface area contributed by atoms with Gasteiger partial charge in [0.2, 0.25) is 0 Å². The van der Waals surface area contributed by atoms with E-state index in [0.717, 1.165) is 21.4 Å². The number of aromatic nitrogens is 4. The molecule has 2 heterocycles. The maximum atomic E-state index is 5.86. The molecule has 0 amide bonds. The molecule has 0 aliphatic rings. The van der Waals surface area contributed by atoms with E-state index < -0.39 is 0 Å². The van der Waals surface area contributed by atoms with Crippen LogP contribution in [0.5, 0.6) is 0 Å². The van der Waals surface area contributed by atoms with Gasteiger partial charge in [0.05, 0.1) is 28.1 Å². The van der Waals surface area contributed by atoms with Gasteiger partial charge >= 0.3 is 0 Å². The Bertz CT molecular complexity index is 528. The Hall–Kier alpha value is -1.14. The lowest BCUT2D eigenvalue weighted by Gasteiger charge is -2.15. The average Bonchev–Trinajstić information content (AvgIpc) is 2.82. The molecular formula is C11H16BrN5. The smallest absolute Gasteiger partial charge is 0.0924 e. The predicted octanol–water partition coefficient (Wildman–Crippen LogP) is 1.54. The van der Waals surface area contributed by atoms with Crippen LogP contribution in [0.15, 0.2) is 16.9 Å². The third-order valence-electron chi connectivity index (χ3n) is 2.86. The minimum absolute atomic E-state index is 0.0358. The molecule has 5 nitrogen and oxygen atoms in total. The summed E-state index contributed by atoms with van der Waals surface area (Å²) in [6.45, 7) is 4.51. The summed E-state index contributed by atoms with van der Waals surface area (Å²) in [5.74, 6) is 0. The van der Waals surface area contributed by atoms with Gasteiger partial charge in [-0.2, -0.15) is 10.2 Å². The lowest BCUT2D eigenvalue weighted by molar-refractivity contribution is 0.516. The van der Waals surface area contributed by atoms with Crippen molar-refractivity contribution in [2.75, 3.05) is 6.54 Å². The highest BCUT2D eigenvalue weighted by atomic mass is 79.9. The molecule has 0 aliphatic carbocycles. The summed E-state index contributed by atoms with van der Waals surface area (Å²) in [6, 6.07) is 0.0358. The highest BCUT2D eigenvalue weighted by Crippen LogP contribution is 2.25. The standard InChI is InChI=1S/C11H16BrN5/c1-7-11(12)8(2)17(15-7)10(4-13)9-5-14-16(3)6-9/h5-6,10H,4,13H2,1-3H3. The summed E-state index contributed by atoms with van der Waals surface area (Å²) >= 11 is 3.53. The molecule has 0 aliphatic heterocycles. The van der Waals surface area contributed by atoms with Crippen LogP contribution in [-0.4, -0.2) is 26.1 Å². The molecule has 0 fully saturated rings. The number of aryl methyl sites for hydroxylation is 2. The number of nitrogens with zero attached hydrogens (tertiary/aromatic N) is 4. The molecule has 0 saturated carbocycles. The van der Waals surface area contributed by atoms with Crippen molar-refractivity contribution in [3.8, 4) is 0 Å². The van der Waals surface area contributed by atoms with Crippen molar-refractivity contribution < 1.29 is 0 Å². The first-order valence-corrected chi connectivity index (χ1v) is 6.23. The van der Waals surface area contributed by atoms with Crippen LogP contribution in [0.2, 0.25) is 0 Å². The molecule has 0 bridgehead atoms. The van der Waals surface area contributed by atoms with Gasteiger partial charge in [-0.1, -0.05) is 0 Å². The van der Waals surface area contributed by atoms with Crippen molar-refractivity contribution in [2.24, 2.45) is 12.8 Å². The molecule has 17 heavy (non-hydrogen) atoms. The number of nitrogens with two attached hydrogens (primary N) is 1. The maximum Gasteiger partial charge on any atom is 0.0924 e. The molecule has 0 radical (unpaired) electrons. The van der Waals surface area contributed by atoms with Gasteiger partial charge in [0.15, 0.2) is 0 Å². The van der Waals surface area contributed by atoms with Crippen molar-refractivity contribution in [3.05, 3.63) is 33.8 Å². The highest BCUT2D eigenvalue weighted by molar-refractivity contribution is 9.10. The average molecular weight is 298 g/mol. The van der Waals surface area contributed by atoms with Crippen LogP contribution in [0.1, 0.15) is 23.0 Å². The fraction of sp³-hybridized carbons (Fsp3) is 0.455. The number of hydrogen-bond donors (Lipinski definition) is 1.